The van der Waals surface area contributed by atoms with Crippen LogP contribution in [0.4, 0.5) is 0 Å². The molecule has 122 valence electrons. The van der Waals surface area contributed by atoms with Gasteiger partial charge in [-0.05, 0) is 29.7 Å². The molecule has 0 saturated carbocycles. The molecule has 3 nitrogen and oxygen atoms in total. The van der Waals surface area contributed by atoms with Crippen molar-refractivity contribution in [3.05, 3.63) is 65.7 Å². The average Bonchev–Trinajstić information content (AvgIpc) is 2.61. The third kappa shape index (κ3) is 5.64. The summed E-state index contributed by atoms with van der Waals surface area (Å²) in [4.78, 5) is 12.1. The molecule has 0 saturated heterocycles. The van der Waals surface area contributed by atoms with Crippen LogP contribution in [-0.4, -0.2) is 18.8 Å². The Hall–Kier alpha value is -1.94. The highest BCUT2D eigenvalue weighted by Gasteiger charge is 2.12. The predicted octanol–water partition coefficient (Wildman–Crippen LogP) is 4.20. The molecule has 0 spiro atoms. The van der Waals surface area contributed by atoms with Gasteiger partial charge < -0.3 is 10.1 Å². The summed E-state index contributed by atoms with van der Waals surface area (Å²) in [7, 11) is 1.65. The zero-order chi connectivity index (χ0) is 16.5. The van der Waals surface area contributed by atoms with Crippen molar-refractivity contribution >= 4 is 17.7 Å². The fourth-order valence-corrected chi connectivity index (χ4v) is 3.13. The topological polar surface area (TPSA) is 38.3 Å². The van der Waals surface area contributed by atoms with Crippen LogP contribution in [-0.2, 0) is 10.5 Å². The van der Waals surface area contributed by atoms with Crippen LogP contribution >= 0.6 is 11.8 Å². The van der Waals surface area contributed by atoms with Crippen LogP contribution in [0.15, 0.2) is 54.6 Å². The van der Waals surface area contributed by atoms with Gasteiger partial charge in [0.25, 0.3) is 0 Å². The van der Waals surface area contributed by atoms with E-state index in [2.05, 4.69) is 24.4 Å². The molecule has 0 aliphatic rings. The Morgan fingerprint density at radius 1 is 1.13 bits per heavy atom. The van der Waals surface area contributed by atoms with Crippen molar-refractivity contribution in [2.24, 2.45) is 0 Å². The van der Waals surface area contributed by atoms with E-state index in [1.165, 1.54) is 5.56 Å². The normalized spacial score (nSPS) is 11.7. The molecule has 2 aromatic rings. The number of amides is 1. The van der Waals surface area contributed by atoms with Crippen molar-refractivity contribution in [3.63, 3.8) is 0 Å². The van der Waals surface area contributed by atoms with E-state index in [-0.39, 0.29) is 11.9 Å². The first-order valence-electron chi connectivity index (χ1n) is 7.78. The van der Waals surface area contributed by atoms with Gasteiger partial charge in [0.2, 0.25) is 5.91 Å². The summed E-state index contributed by atoms with van der Waals surface area (Å²) in [6, 6.07) is 18.1. The first-order valence-corrected chi connectivity index (χ1v) is 8.93. The molecule has 0 bridgehead atoms. The van der Waals surface area contributed by atoms with Crippen LogP contribution in [0.2, 0.25) is 0 Å². The van der Waals surface area contributed by atoms with Gasteiger partial charge in [-0.2, -0.15) is 0 Å². The molecule has 0 aromatic heterocycles. The van der Waals surface area contributed by atoms with E-state index >= 15 is 0 Å². The number of hydrogen-bond acceptors (Lipinski definition) is 3. The minimum atomic E-state index is 0.0470. The lowest BCUT2D eigenvalue weighted by Crippen LogP contribution is -2.29. The SMILES string of the molecule is CC[C@@H](NC(=O)CSCc1ccccc1)c1ccc(OC)cc1. The van der Waals surface area contributed by atoms with Crippen molar-refractivity contribution < 1.29 is 9.53 Å². The van der Waals surface area contributed by atoms with Gasteiger partial charge in [0.15, 0.2) is 0 Å². The van der Waals surface area contributed by atoms with Crippen LogP contribution < -0.4 is 10.1 Å². The molecule has 0 fully saturated rings. The van der Waals surface area contributed by atoms with Gasteiger partial charge in [-0.1, -0.05) is 49.4 Å². The Morgan fingerprint density at radius 2 is 1.83 bits per heavy atom. The Labute approximate surface area is 142 Å². The molecule has 0 radical (unpaired) electrons. The maximum atomic E-state index is 12.1. The van der Waals surface area contributed by atoms with Gasteiger partial charge in [0.05, 0.1) is 18.9 Å². The molecule has 23 heavy (non-hydrogen) atoms. The van der Waals surface area contributed by atoms with E-state index < -0.39 is 0 Å². The van der Waals surface area contributed by atoms with Crippen molar-refractivity contribution in [2.75, 3.05) is 12.9 Å². The number of ether oxygens (including phenoxy) is 1. The standard InChI is InChI=1S/C19H23NO2S/c1-3-18(16-9-11-17(22-2)12-10-16)20-19(21)14-23-13-15-7-5-4-6-8-15/h4-12,18H,3,13-14H2,1-2H3,(H,20,21)/t18-/m1/s1. The number of rotatable bonds is 8. The van der Waals surface area contributed by atoms with Crippen LogP contribution in [0.25, 0.3) is 0 Å². The molecule has 1 N–H and O–H groups in total. The molecule has 1 amide bonds. The zero-order valence-corrected chi connectivity index (χ0v) is 14.4. The van der Waals surface area contributed by atoms with Gasteiger partial charge in [-0.3, -0.25) is 4.79 Å². The number of carbonyl (C=O) groups excluding carboxylic acids is 1. The highest BCUT2D eigenvalue weighted by atomic mass is 32.2. The van der Waals surface area contributed by atoms with E-state index in [1.807, 2.05) is 42.5 Å². The van der Waals surface area contributed by atoms with Gasteiger partial charge in [-0.25, -0.2) is 0 Å². The number of thioether (sulfide) groups is 1. The molecule has 0 unspecified atom stereocenters. The first-order chi connectivity index (χ1) is 11.2. The number of methoxy groups -OCH3 is 1. The van der Waals surface area contributed by atoms with Crippen LogP contribution in [0, 0.1) is 0 Å². The van der Waals surface area contributed by atoms with E-state index in [1.54, 1.807) is 18.9 Å². The largest absolute Gasteiger partial charge is 0.497 e. The molecule has 2 rings (SSSR count). The second kappa shape index (κ2) is 9.26. The van der Waals surface area contributed by atoms with Crippen LogP contribution in [0.5, 0.6) is 5.75 Å². The smallest absolute Gasteiger partial charge is 0.230 e. The maximum absolute atomic E-state index is 12.1. The molecule has 1 atom stereocenters. The van der Waals surface area contributed by atoms with Crippen LogP contribution in [0.3, 0.4) is 0 Å². The monoisotopic (exact) mass is 329 g/mol. The van der Waals surface area contributed by atoms with E-state index in [0.29, 0.717) is 5.75 Å². The van der Waals surface area contributed by atoms with Gasteiger partial charge in [-0.15, -0.1) is 11.8 Å². The Kier molecular flexibility index (Phi) is 7.01. The molecular formula is C19H23NO2S. The Bertz CT molecular complexity index is 599. The summed E-state index contributed by atoms with van der Waals surface area (Å²) in [5.74, 6) is 2.23. The number of benzene rings is 2. The predicted molar refractivity (Wildman–Crippen MR) is 96.8 cm³/mol. The van der Waals surface area contributed by atoms with Crippen molar-refractivity contribution in [1.82, 2.24) is 5.32 Å². The highest BCUT2D eigenvalue weighted by Crippen LogP contribution is 2.20. The fraction of sp³-hybridized carbons (Fsp3) is 0.316. The summed E-state index contributed by atoms with van der Waals surface area (Å²) in [5, 5.41) is 3.11. The third-order valence-electron chi connectivity index (χ3n) is 3.61. The minimum Gasteiger partial charge on any atom is -0.497 e. The number of carbonyl (C=O) groups is 1. The second-order valence-electron chi connectivity index (χ2n) is 5.28. The lowest BCUT2D eigenvalue weighted by atomic mass is 10.0. The van der Waals surface area contributed by atoms with Gasteiger partial charge >= 0.3 is 0 Å². The second-order valence-corrected chi connectivity index (χ2v) is 6.27. The fourth-order valence-electron chi connectivity index (χ4n) is 2.33. The Balaban J connectivity index is 1.82. The summed E-state index contributed by atoms with van der Waals surface area (Å²) < 4.78 is 5.17. The summed E-state index contributed by atoms with van der Waals surface area (Å²) in [6.45, 7) is 2.08. The quantitative estimate of drug-likeness (QED) is 0.789. The molecular weight excluding hydrogens is 306 g/mol. The Morgan fingerprint density at radius 3 is 2.43 bits per heavy atom. The molecule has 2 aromatic carbocycles. The van der Waals surface area contributed by atoms with Crippen LogP contribution in [0.1, 0.15) is 30.5 Å². The number of hydrogen-bond donors (Lipinski definition) is 1. The van der Waals surface area contributed by atoms with Crippen molar-refractivity contribution in [3.8, 4) is 5.75 Å². The maximum Gasteiger partial charge on any atom is 0.230 e. The summed E-state index contributed by atoms with van der Waals surface area (Å²) in [5.41, 5.74) is 2.35. The van der Waals surface area contributed by atoms with Crippen molar-refractivity contribution in [1.29, 1.82) is 0 Å². The third-order valence-corrected chi connectivity index (χ3v) is 4.61. The molecule has 0 heterocycles. The van der Waals surface area contributed by atoms with E-state index in [4.69, 9.17) is 4.74 Å². The highest BCUT2D eigenvalue weighted by molar-refractivity contribution is 7.99. The summed E-state index contributed by atoms with van der Waals surface area (Å²) >= 11 is 1.64. The lowest BCUT2D eigenvalue weighted by Gasteiger charge is -2.17. The molecule has 0 aliphatic heterocycles. The lowest BCUT2D eigenvalue weighted by molar-refractivity contribution is -0.119. The first kappa shape index (κ1) is 17.4. The van der Waals surface area contributed by atoms with Gasteiger partial charge in [0.1, 0.15) is 5.75 Å². The number of nitrogens with one attached hydrogen (secondary N) is 1. The summed E-state index contributed by atoms with van der Waals surface area (Å²) in [6.07, 6.45) is 0.863. The van der Waals surface area contributed by atoms with E-state index in [9.17, 15) is 4.79 Å². The van der Waals surface area contributed by atoms with E-state index in [0.717, 1.165) is 23.5 Å². The van der Waals surface area contributed by atoms with Gasteiger partial charge in [0, 0.05) is 5.75 Å². The molecule has 0 aliphatic carbocycles. The zero-order valence-electron chi connectivity index (χ0n) is 13.6. The average molecular weight is 329 g/mol. The molecule has 4 heteroatoms. The minimum absolute atomic E-state index is 0.0470. The van der Waals surface area contributed by atoms with Crippen molar-refractivity contribution in [2.45, 2.75) is 25.1 Å².